The van der Waals surface area contributed by atoms with Gasteiger partial charge in [0.25, 0.3) is 0 Å². The van der Waals surface area contributed by atoms with Crippen molar-refractivity contribution in [2.45, 2.75) is 52.6 Å². The number of hydrogen-bond acceptors (Lipinski definition) is 1. The quantitative estimate of drug-likeness (QED) is 0.692. The molecule has 17 heavy (non-hydrogen) atoms. The molecule has 1 nitrogen and oxygen atoms in total. The fourth-order valence-corrected chi connectivity index (χ4v) is 1.32. The molecule has 0 unspecified atom stereocenters. The van der Waals surface area contributed by atoms with Crippen molar-refractivity contribution < 1.29 is 13.2 Å². The van der Waals surface area contributed by atoms with Crippen molar-refractivity contribution in [3.8, 4) is 0 Å². The number of alkyl halides is 3. The SMILES string of the molecule is CC.CCCCCc1ccc(C(F)(F)F)nc1. The molecule has 0 aliphatic carbocycles. The smallest absolute Gasteiger partial charge is 0.252 e. The van der Waals surface area contributed by atoms with Crippen molar-refractivity contribution in [3.63, 3.8) is 0 Å². The van der Waals surface area contributed by atoms with E-state index in [0.717, 1.165) is 37.3 Å². The van der Waals surface area contributed by atoms with Gasteiger partial charge in [-0.25, -0.2) is 0 Å². The Kier molecular flexibility index (Phi) is 7.59. The maximum absolute atomic E-state index is 12.2. The Morgan fingerprint density at radius 2 is 1.76 bits per heavy atom. The summed E-state index contributed by atoms with van der Waals surface area (Å²) in [6, 6.07) is 2.55. The van der Waals surface area contributed by atoms with Gasteiger partial charge in [0, 0.05) is 6.20 Å². The third-order valence-corrected chi connectivity index (χ3v) is 2.18. The van der Waals surface area contributed by atoms with Crippen LogP contribution in [-0.2, 0) is 12.6 Å². The van der Waals surface area contributed by atoms with Gasteiger partial charge in [-0.2, -0.15) is 13.2 Å². The van der Waals surface area contributed by atoms with Crippen molar-refractivity contribution in [3.05, 3.63) is 29.6 Å². The molecule has 0 radical (unpaired) electrons. The highest BCUT2D eigenvalue weighted by molar-refractivity contribution is 5.15. The fraction of sp³-hybridized carbons (Fsp3) is 0.615. The highest BCUT2D eigenvalue weighted by Crippen LogP contribution is 2.27. The predicted octanol–water partition coefficient (Wildman–Crippen LogP) is 4.86. The number of rotatable bonds is 4. The summed E-state index contributed by atoms with van der Waals surface area (Å²) in [5.74, 6) is 0. The molecule has 1 rings (SSSR count). The van der Waals surface area contributed by atoms with Crippen LogP contribution in [0.5, 0.6) is 0 Å². The van der Waals surface area contributed by atoms with Gasteiger partial charge in [0.15, 0.2) is 0 Å². The minimum Gasteiger partial charge on any atom is -0.252 e. The van der Waals surface area contributed by atoms with Crippen LogP contribution in [-0.4, -0.2) is 4.98 Å². The van der Waals surface area contributed by atoms with Crippen molar-refractivity contribution in [1.29, 1.82) is 0 Å². The Morgan fingerprint density at radius 1 is 1.12 bits per heavy atom. The topological polar surface area (TPSA) is 12.9 Å². The number of hydrogen-bond donors (Lipinski definition) is 0. The summed E-state index contributed by atoms with van der Waals surface area (Å²) in [5, 5.41) is 0. The molecule has 0 aliphatic rings. The number of aryl methyl sites for hydroxylation is 1. The molecule has 0 atom stereocenters. The van der Waals surface area contributed by atoms with Crippen LogP contribution in [0.1, 0.15) is 51.3 Å². The van der Waals surface area contributed by atoms with E-state index in [9.17, 15) is 13.2 Å². The minimum atomic E-state index is -4.33. The molecule has 1 heterocycles. The second-order valence-corrected chi connectivity index (χ2v) is 3.51. The molecule has 0 bridgehead atoms. The zero-order valence-corrected chi connectivity index (χ0v) is 10.6. The lowest BCUT2D eigenvalue weighted by molar-refractivity contribution is -0.141. The molecule has 0 spiro atoms. The summed E-state index contributed by atoms with van der Waals surface area (Å²) >= 11 is 0. The van der Waals surface area contributed by atoms with Crippen LogP contribution < -0.4 is 0 Å². The highest BCUT2D eigenvalue weighted by Gasteiger charge is 2.31. The van der Waals surface area contributed by atoms with Crippen molar-refractivity contribution in [2.75, 3.05) is 0 Å². The molecule has 1 aromatic heterocycles. The van der Waals surface area contributed by atoms with Crippen LogP contribution in [0.3, 0.4) is 0 Å². The van der Waals surface area contributed by atoms with Gasteiger partial charge in [-0.05, 0) is 24.5 Å². The first-order valence-electron chi connectivity index (χ1n) is 6.06. The average Bonchev–Trinajstić information content (AvgIpc) is 2.32. The molecule has 4 heteroatoms. The summed E-state index contributed by atoms with van der Waals surface area (Å²) in [6.07, 6.45) is 0.998. The maximum atomic E-state index is 12.2. The standard InChI is InChI=1S/C11H14F3N.C2H6/c1-2-3-4-5-9-6-7-10(15-8-9)11(12,13)14;1-2/h6-8H,2-5H2,1H3;1-2H3. The van der Waals surface area contributed by atoms with Gasteiger partial charge >= 0.3 is 6.18 Å². The Hall–Kier alpha value is -1.06. The molecule has 0 aromatic carbocycles. The van der Waals surface area contributed by atoms with Crippen molar-refractivity contribution in [1.82, 2.24) is 4.98 Å². The normalized spacial score (nSPS) is 10.7. The van der Waals surface area contributed by atoms with Gasteiger partial charge in [-0.15, -0.1) is 0 Å². The minimum absolute atomic E-state index is 0.805. The third kappa shape index (κ3) is 6.29. The number of aromatic nitrogens is 1. The van der Waals surface area contributed by atoms with Crippen LogP contribution in [0.2, 0.25) is 0 Å². The van der Waals surface area contributed by atoms with E-state index >= 15 is 0 Å². The summed E-state index contributed by atoms with van der Waals surface area (Å²) in [5.41, 5.74) is 0.0539. The van der Waals surface area contributed by atoms with E-state index in [4.69, 9.17) is 0 Å². The summed E-state index contributed by atoms with van der Waals surface area (Å²) in [7, 11) is 0. The first-order valence-corrected chi connectivity index (χ1v) is 6.06. The van der Waals surface area contributed by atoms with Crippen LogP contribution in [0.4, 0.5) is 13.2 Å². The van der Waals surface area contributed by atoms with Crippen molar-refractivity contribution >= 4 is 0 Å². The lowest BCUT2D eigenvalue weighted by Crippen LogP contribution is -2.07. The fourth-order valence-electron chi connectivity index (χ4n) is 1.32. The second kappa shape index (κ2) is 8.09. The lowest BCUT2D eigenvalue weighted by Gasteiger charge is -2.06. The van der Waals surface area contributed by atoms with Crippen LogP contribution >= 0.6 is 0 Å². The highest BCUT2D eigenvalue weighted by atomic mass is 19.4. The van der Waals surface area contributed by atoms with E-state index in [0.29, 0.717) is 0 Å². The van der Waals surface area contributed by atoms with Gasteiger partial charge in [0.2, 0.25) is 0 Å². The van der Waals surface area contributed by atoms with Gasteiger partial charge in [-0.3, -0.25) is 4.98 Å². The summed E-state index contributed by atoms with van der Waals surface area (Å²) in [4.78, 5) is 3.40. The molecule has 0 amide bonds. The Balaban J connectivity index is 0.00000121. The summed E-state index contributed by atoms with van der Waals surface area (Å²) < 4.78 is 36.5. The van der Waals surface area contributed by atoms with Gasteiger partial charge in [0.05, 0.1) is 0 Å². The molecular formula is C13H20F3N. The van der Waals surface area contributed by atoms with E-state index in [1.807, 2.05) is 13.8 Å². The lowest BCUT2D eigenvalue weighted by atomic mass is 10.1. The Labute approximate surface area is 101 Å². The van der Waals surface area contributed by atoms with Gasteiger partial charge in [-0.1, -0.05) is 39.7 Å². The van der Waals surface area contributed by atoms with E-state index in [1.54, 1.807) is 0 Å². The predicted molar refractivity (Wildman–Crippen MR) is 63.8 cm³/mol. The number of nitrogens with zero attached hydrogens (tertiary/aromatic N) is 1. The van der Waals surface area contributed by atoms with Crippen LogP contribution in [0, 0.1) is 0 Å². The van der Waals surface area contributed by atoms with Gasteiger partial charge in [0.1, 0.15) is 5.69 Å². The first-order chi connectivity index (χ1) is 8.04. The molecule has 0 fully saturated rings. The Morgan fingerprint density at radius 3 is 2.18 bits per heavy atom. The molecule has 1 aromatic rings. The Bertz CT molecular complexity index is 291. The third-order valence-electron chi connectivity index (χ3n) is 2.18. The first kappa shape index (κ1) is 15.9. The molecular weight excluding hydrogens is 227 g/mol. The summed E-state index contributed by atoms with van der Waals surface area (Å²) in [6.45, 7) is 6.09. The molecule has 0 saturated carbocycles. The monoisotopic (exact) mass is 247 g/mol. The molecule has 0 aliphatic heterocycles. The number of pyridine rings is 1. The maximum Gasteiger partial charge on any atom is 0.433 e. The zero-order valence-electron chi connectivity index (χ0n) is 10.6. The van der Waals surface area contributed by atoms with Gasteiger partial charge < -0.3 is 0 Å². The van der Waals surface area contributed by atoms with E-state index in [2.05, 4.69) is 11.9 Å². The second-order valence-electron chi connectivity index (χ2n) is 3.51. The van der Waals surface area contributed by atoms with E-state index < -0.39 is 11.9 Å². The van der Waals surface area contributed by atoms with Crippen LogP contribution in [0.15, 0.2) is 18.3 Å². The van der Waals surface area contributed by atoms with Crippen molar-refractivity contribution in [2.24, 2.45) is 0 Å². The zero-order chi connectivity index (χ0) is 13.3. The molecule has 0 N–H and O–H groups in total. The largest absolute Gasteiger partial charge is 0.433 e. The van der Waals surface area contributed by atoms with Crippen LogP contribution in [0.25, 0.3) is 0 Å². The molecule has 98 valence electrons. The average molecular weight is 247 g/mol. The number of halogens is 3. The van der Waals surface area contributed by atoms with E-state index in [1.165, 1.54) is 12.3 Å². The number of unbranched alkanes of at least 4 members (excludes halogenated alkanes) is 2. The molecule has 0 saturated heterocycles. The van der Waals surface area contributed by atoms with E-state index in [-0.39, 0.29) is 0 Å².